The monoisotopic (exact) mass is 1520 g/mol. The van der Waals surface area contributed by atoms with Gasteiger partial charge in [0.25, 0.3) is 0 Å². The van der Waals surface area contributed by atoms with Gasteiger partial charge in [0.05, 0.1) is 0 Å². The minimum atomic E-state index is -0.534. The van der Waals surface area contributed by atoms with Crippen LogP contribution in [0.1, 0.15) is 0 Å². The van der Waals surface area contributed by atoms with Crippen LogP contribution in [-0.2, 0) is 0 Å². The first-order chi connectivity index (χ1) is 42.8. The summed E-state index contributed by atoms with van der Waals surface area (Å²) in [5.74, 6) is 7.77. The highest BCUT2D eigenvalue weighted by molar-refractivity contribution is 8.77. The van der Waals surface area contributed by atoms with E-state index in [0.717, 1.165) is 0 Å². The lowest BCUT2D eigenvalue weighted by Gasteiger charge is -2.30. The topological polar surface area (TPSA) is 188 Å². The SMILES string of the molecule is O=C1N(CCS)C2C(N1CCS)N1CCSSCCN3C(=O)N(CCS)C4C3N(CCSSCCN3C(=O)N(CCSSCCN5C(=O)N(CCS)C6C5N(CCSSCCN2C1=O)C(=O)N6CCS)C1C3N(CCS)C(=O)N1CCS)C(=O)N4CCS. The lowest BCUT2D eigenvalue weighted by molar-refractivity contribution is 0.136. The summed E-state index contributed by atoms with van der Waals surface area (Å²) < 4.78 is 0. The standard InChI is InChI=1S/C48H80N16O8S16/c65-41-53(5-21-77)35-36(54(41)6-22-78)59-11-27-83-87-31-15-63-40-34(51(3-19-75)45(63)69)52(4-20-76)46(70)64(40)16-32-88-84-28-12-60-38-37(55(7-23-79)42(66)56(38)8-24-80)58(48(60)72)10-26-82-86-30-14-62-39-33(50(2-18-74)44(62)68)49(1-17-73)43(67)61(39)13-29-85-81-25-9-57(35)47(59)71/h33-40,73-80H,1-32H2. The van der Waals surface area contributed by atoms with Crippen molar-refractivity contribution in [3.63, 3.8) is 0 Å². The van der Waals surface area contributed by atoms with Gasteiger partial charge >= 0.3 is 48.2 Å². The highest BCUT2D eigenvalue weighted by Crippen LogP contribution is 2.42. The normalized spacial score (nSPS) is 28.8. The third-order valence-electron chi connectivity index (χ3n) is 16.5. The molecular weight excluding hydrogens is 1440 g/mol. The van der Waals surface area contributed by atoms with Crippen LogP contribution in [-0.4, -0.2) is 373 Å². The molecule has 0 radical (unpaired) electrons. The Morgan fingerprint density at radius 3 is 0.523 bits per heavy atom. The smallest absolute Gasteiger partial charge is 0.299 e. The lowest BCUT2D eigenvalue weighted by Crippen LogP contribution is -2.48. The van der Waals surface area contributed by atoms with E-state index in [-0.39, 0.29) is 48.2 Å². The van der Waals surface area contributed by atoms with Crippen LogP contribution in [0.3, 0.4) is 0 Å². The average molecular weight is 1520 g/mol. The molecule has 9 fully saturated rings. The van der Waals surface area contributed by atoms with Gasteiger partial charge in [-0.25, -0.2) is 38.4 Å². The van der Waals surface area contributed by atoms with Crippen LogP contribution in [0.15, 0.2) is 0 Å². The Hall–Kier alpha value is -0.240. The van der Waals surface area contributed by atoms with Crippen LogP contribution in [0, 0.1) is 0 Å². The summed E-state index contributed by atoms with van der Waals surface area (Å²) in [5, 5.41) is 0. The molecule has 0 aromatic carbocycles. The van der Waals surface area contributed by atoms with Crippen molar-refractivity contribution in [2.24, 2.45) is 0 Å². The molecule has 88 heavy (non-hydrogen) atoms. The Balaban J connectivity index is 0.933. The molecule has 0 aromatic heterocycles. The number of hydrogen-bond acceptors (Lipinski definition) is 24. The number of hydrogen-bond donors (Lipinski definition) is 8. The van der Waals surface area contributed by atoms with Gasteiger partial charge in [-0.3, -0.25) is 78.4 Å². The van der Waals surface area contributed by atoms with Gasteiger partial charge < -0.3 is 0 Å². The van der Waals surface area contributed by atoms with Gasteiger partial charge in [-0.2, -0.15) is 101 Å². The number of nitrogens with zero attached hydrogens (tertiary/aromatic N) is 16. The van der Waals surface area contributed by atoms with E-state index in [1.807, 2.05) is 39.2 Å². The molecule has 16 amide bonds. The maximum absolute atomic E-state index is 14.6. The van der Waals surface area contributed by atoms with E-state index >= 15 is 0 Å². The fraction of sp³-hybridized carbons (Fsp3) is 0.833. The Bertz CT molecular complexity index is 2130. The van der Waals surface area contributed by atoms with E-state index < -0.39 is 49.3 Å². The summed E-state index contributed by atoms with van der Waals surface area (Å²) in [6.45, 7) is 5.87. The van der Waals surface area contributed by atoms with Crippen molar-refractivity contribution in [2.45, 2.75) is 49.3 Å². The summed E-state index contributed by atoms with van der Waals surface area (Å²) in [6.07, 6.45) is -4.18. The van der Waals surface area contributed by atoms with E-state index in [0.29, 0.717) is 197 Å². The van der Waals surface area contributed by atoms with Gasteiger partial charge in [-0.15, -0.1) is 0 Å². The van der Waals surface area contributed by atoms with Crippen LogP contribution in [0.5, 0.6) is 0 Å². The highest BCUT2D eigenvalue weighted by atomic mass is 33.1. The van der Waals surface area contributed by atoms with Crippen LogP contribution in [0.2, 0.25) is 0 Å². The summed E-state index contributed by atoms with van der Waals surface area (Å²) in [5.41, 5.74) is 0. The van der Waals surface area contributed by atoms with E-state index in [1.54, 1.807) is 126 Å². The maximum atomic E-state index is 14.6. The van der Waals surface area contributed by atoms with Gasteiger partial charge in [0, 0.05) is 197 Å². The second-order valence-electron chi connectivity index (χ2n) is 21.0. The van der Waals surface area contributed by atoms with Crippen LogP contribution >= 0.6 is 187 Å². The molecule has 9 heterocycles. The largest absolute Gasteiger partial charge is 0.323 e. The van der Waals surface area contributed by atoms with Crippen LogP contribution in [0.4, 0.5) is 38.4 Å². The molecule has 0 aliphatic carbocycles. The molecule has 40 heteroatoms. The van der Waals surface area contributed by atoms with Crippen molar-refractivity contribution < 1.29 is 38.4 Å². The van der Waals surface area contributed by atoms with Gasteiger partial charge in [0.2, 0.25) is 0 Å². The molecule has 9 rings (SSSR count). The van der Waals surface area contributed by atoms with Crippen molar-refractivity contribution in [1.82, 2.24) is 78.4 Å². The van der Waals surface area contributed by atoms with Crippen molar-refractivity contribution >= 4 is 236 Å². The molecule has 496 valence electrons. The molecule has 0 N–H and O–H groups in total. The van der Waals surface area contributed by atoms with Crippen molar-refractivity contribution in [1.29, 1.82) is 0 Å². The highest BCUT2D eigenvalue weighted by Gasteiger charge is 2.62. The molecule has 0 spiro atoms. The van der Waals surface area contributed by atoms with Gasteiger partial charge in [-0.1, -0.05) is 86.4 Å². The summed E-state index contributed by atoms with van der Waals surface area (Å²) in [4.78, 5) is 143. The first-order valence-electron chi connectivity index (χ1n) is 29.2. The average Bonchev–Trinajstić information content (AvgIpc) is 1.67. The number of carbonyl (C=O) groups excluding carboxylic acids is 8. The molecule has 9 saturated heterocycles. The first kappa shape index (κ1) is 72.0. The molecule has 24 nitrogen and oxygen atoms in total. The number of fused-ring (bicyclic) bond motifs is 10. The summed E-state index contributed by atoms with van der Waals surface area (Å²) in [7, 11) is 12.7. The zero-order valence-electron chi connectivity index (χ0n) is 48.5. The lowest BCUT2D eigenvalue weighted by atomic mass is 10.3. The van der Waals surface area contributed by atoms with Crippen molar-refractivity contribution in [2.75, 3.05) is 197 Å². The fourth-order valence-corrected chi connectivity index (χ4v) is 22.6. The Morgan fingerprint density at radius 1 is 0.216 bits per heavy atom. The Morgan fingerprint density at radius 2 is 0.364 bits per heavy atom. The van der Waals surface area contributed by atoms with Crippen molar-refractivity contribution in [3.8, 4) is 0 Å². The third kappa shape index (κ3) is 14.8. The third-order valence-corrected chi connectivity index (χ3v) is 27.6. The molecule has 4 atom stereocenters. The minimum absolute atomic E-state index is 0.155. The van der Waals surface area contributed by atoms with E-state index in [1.165, 1.54) is 0 Å². The number of amides is 16. The fourth-order valence-electron chi connectivity index (χ4n) is 13.1. The quantitative estimate of drug-likeness (QED) is 0.0717. The summed E-state index contributed by atoms with van der Waals surface area (Å²) >= 11 is 36.1. The molecule has 0 saturated carbocycles. The second-order valence-corrected chi connectivity index (χ2v) is 35.4. The first-order valence-corrected chi connectivity index (χ1v) is 44.3. The number of urea groups is 8. The second kappa shape index (κ2) is 34.6. The molecule has 9 aliphatic rings. The van der Waals surface area contributed by atoms with Gasteiger partial charge in [0.1, 0.15) is 49.3 Å². The maximum Gasteiger partial charge on any atom is 0.323 e. The number of carbonyl (C=O) groups is 8. The molecule has 9 aliphatic heterocycles. The van der Waals surface area contributed by atoms with E-state index in [9.17, 15) is 38.4 Å². The zero-order valence-corrected chi connectivity index (χ0v) is 62.2. The van der Waals surface area contributed by atoms with Crippen molar-refractivity contribution in [3.05, 3.63) is 0 Å². The van der Waals surface area contributed by atoms with Gasteiger partial charge in [0.15, 0.2) is 0 Å². The molecule has 4 unspecified atom stereocenters. The predicted molar refractivity (Wildman–Crippen MR) is 391 cm³/mol. The van der Waals surface area contributed by atoms with E-state index in [4.69, 9.17) is 0 Å². The summed E-state index contributed by atoms with van der Waals surface area (Å²) in [6, 6.07) is -1.25. The molecule has 0 aromatic rings. The molecule has 4 bridgehead atoms. The molecular formula is C48H80N16O8S16. The Kier molecular flexibility index (Phi) is 28.3. The zero-order chi connectivity index (χ0) is 62.8. The Labute approximate surface area is 592 Å². The predicted octanol–water partition coefficient (Wildman–Crippen LogP) is 5.47. The van der Waals surface area contributed by atoms with Gasteiger partial charge in [-0.05, 0) is 0 Å². The van der Waals surface area contributed by atoms with Crippen LogP contribution in [0.25, 0.3) is 0 Å². The minimum Gasteiger partial charge on any atom is -0.299 e. The van der Waals surface area contributed by atoms with Crippen LogP contribution < -0.4 is 0 Å². The van der Waals surface area contributed by atoms with E-state index in [2.05, 4.69) is 101 Å². The number of thiol groups is 8. The number of rotatable bonds is 16.